The molecule has 0 bridgehead atoms. The molecular weight excluding hydrogens is 354 g/mol. The minimum absolute atomic E-state index is 0.0444. The largest absolute Gasteiger partial charge is 0.452 e. The Morgan fingerprint density at radius 1 is 1.27 bits per heavy atom. The Hall–Kier alpha value is -2.35. The second-order valence-corrected chi connectivity index (χ2v) is 11.3. The summed E-state index contributed by atoms with van der Waals surface area (Å²) in [6.45, 7) is 9.85. The summed E-state index contributed by atoms with van der Waals surface area (Å²) in [5, 5.41) is 10.6. The summed E-state index contributed by atoms with van der Waals surface area (Å²) in [4.78, 5) is 25.4. The molecule has 1 aromatic carbocycles. The molecule has 0 aromatic heterocycles. The van der Waals surface area contributed by atoms with E-state index in [1.807, 2.05) is 13.1 Å². The number of nitro benzene ring substituents is 1. The maximum absolute atomic E-state index is 12.2. The number of benzene rings is 1. The van der Waals surface area contributed by atoms with Crippen LogP contribution in [0.5, 0.6) is 0 Å². The lowest BCUT2D eigenvalue weighted by molar-refractivity contribution is -0.384. The molecule has 0 spiro atoms. The molecule has 0 aliphatic heterocycles. The lowest BCUT2D eigenvalue weighted by Crippen LogP contribution is -2.41. The average Bonchev–Trinajstić information content (AvgIpc) is 2.52. The lowest BCUT2D eigenvalue weighted by atomic mass is 10.2. The van der Waals surface area contributed by atoms with Gasteiger partial charge >= 0.3 is 11.7 Å². The molecule has 1 unspecified atom stereocenters. The van der Waals surface area contributed by atoms with Gasteiger partial charge in [0, 0.05) is 12.1 Å². The monoisotopic (exact) mass is 379 g/mol. The maximum atomic E-state index is 12.2. The van der Waals surface area contributed by atoms with E-state index in [0.717, 1.165) is 6.04 Å². The summed E-state index contributed by atoms with van der Waals surface area (Å²) in [5.41, 5.74) is 9.53. The van der Waals surface area contributed by atoms with Crippen molar-refractivity contribution < 1.29 is 23.7 Å². The fourth-order valence-electron chi connectivity index (χ4n) is 2.79. The fourth-order valence-corrected chi connectivity index (χ4v) is 5.92. The number of carbonyl (C=O) groups is 1. The third-order valence-corrected chi connectivity index (χ3v) is 6.41. The molecule has 0 N–H and O–H groups in total. The zero-order valence-electron chi connectivity index (χ0n) is 15.8. The topological polar surface area (TPSA) is 115 Å². The van der Waals surface area contributed by atoms with Crippen molar-refractivity contribution in [2.45, 2.75) is 52.6 Å². The Morgan fingerprint density at radius 2 is 1.85 bits per heavy atom. The summed E-state index contributed by atoms with van der Waals surface area (Å²) >= 11 is 0. The summed E-state index contributed by atoms with van der Waals surface area (Å²) in [6.07, 6.45) is -0.690. The lowest BCUT2D eigenvalue weighted by Gasteiger charge is -2.26. The van der Waals surface area contributed by atoms with Crippen molar-refractivity contribution in [1.29, 1.82) is 0 Å². The van der Waals surface area contributed by atoms with Gasteiger partial charge in [0.2, 0.25) is 0 Å². The Morgan fingerprint density at radius 3 is 2.31 bits per heavy atom. The molecule has 0 saturated carbocycles. The first-order valence-electron chi connectivity index (χ1n) is 8.36. The molecule has 142 valence electrons. The van der Waals surface area contributed by atoms with Crippen LogP contribution in [-0.2, 0) is 20.6 Å². The second kappa shape index (κ2) is 9.37. The standard InChI is InChI=1S/C17H25N3O5Si/c1-12(2)11-26(4,5)25-13(3)16(19-18)17(21)24-10-14-6-8-15(9-7-14)20(22)23/h6-9,12-13H,10-11H2,1-5H3. The molecule has 9 heteroatoms. The van der Waals surface area contributed by atoms with E-state index < -0.39 is 25.3 Å². The molecule has 26 heavy (non-hydrogen) atoms. The first-order chi connectivity index (χ1) is 12.1. The van der Waals surface area contributed by atoms with Crippen molar-refractivity contribution in [2.75, 3.05) is 0 Å². The molecular formula is C17H25N3O5Si. The zero-order chi connectivity index (χ0) is 19.9. The van der Waals surface area contributed by atoms with Gasteiger partial charge in [0.1, 0.15) is 6.61 Å². The van der Waals surface area contributed by atoms with Gasteiger partial charge in [-0.1, -0.05) is 13.8 Å². The van der Waals surface area contributed by atoms with E-state index in [-0.39, 0.29) is 18.0 Å². The maximum Gasteiger partial charge on any atom is 0.420 e. The minimum atomic E-state index is -2.02. The van der Waals surface area contributed by atoms with E-state index in [0.29, 0.717) is 11.5 Å². The highest BCUT2D eigenvalue weighted by atomic mass is 28.4. The van der Waals surface area contributed by atoms with Crippen LogP contribution in [0, 0.1) is 16.0 Å². The molecule has 0 saturated heterocycles. The molecule has 1 aromatic rings. The van der Waals surface area contributed by atoms with Crippen LogP contribution >= 0.6 is 0 Å². The number of hydrogen-bond acceptors (Lipinski definition) is 5. The van der Waals surface area contributed by atoms with E-state index in [1.54, 1.807) is 6.92 Å². The summed E-state index contributed by atoms with van der Waals surface area (Å²) < 4.78 is 11.1. The highest BCUT2D eigenvalue weighted by molar-refractivity contribution is 6.71. The third-order valence-electron chi connectivity index (χ3n) is 3.61. The normalized spacial score (nSPS) is 12.4. The Labute approximate surface area is 154 Å². The van der Waals surface area contributed by atoms with E-state index >= 15 is 0 Å². The number of carbonyl (C=O) groups excluding carboxylic acids is 1. The van der Waals surface area contributed by atoms with Gasteiger partial charge in [-0.05, 0) is 49.7 Å². The average molecular weight is 379 g/mol. The number of non-ortho nitro benzene ring substituents is 1. The number of nitro groups is 1. The van der Waals surface area contributed by atoms with Gasteiger partial charge in [0.05, 0.1) is 4.92 Å². The summed E-state index contributed by atoms with van der Waals surface area (Å²) in [7, 11) is -2.02. The van der Waals surface area contributed by atoms with Gasteiger partial charge < -0.3 is 14.7 Å². The Kier molecular flexibility index (Phi) is 7.82. The molecule has 1 rings (SSSR count). The number of hydrogen-bond donors (Lipinski definition) is 0. The molecule has 0 amide bonds. The van der Waals surface area contributed by atoms with Crippen molar-refractivity contribution in [3.05, 3.63) is 45.5 Å². The van der Waals surface area contributed by atoms with Crippen LogP contribution in [0.2, 0.25) is 19.1 Å². The molecule has 0 fully saturated rings. The number of esters is 1. The number of rotatable bonds is 9. The molecule has 1 atom stereocenters. The predicted molar refractivity (Wildman–Crippen MR) is 99.2 cm³/mol. The van der Waals surface area contributed by atoms with Gasteiger partial charge in [0.25, 0.3) is 5.69 Å². The first kappa shape index (κ1) is 21.7. The van der Waals surface area contributed by atoms with E-state index in [2.05, 4.69) is 18.6 Å². The van der Waals surface area contributed by atoms with Gasteiger partial charge in [-0.15, -0.1) is 0 Å². The van der Waals surface area contributed by atoms with E-state index in [1.165, 1.54) is 24.3 Å². The van der Waals surface area contributed by atoms with Crippen LogP contribution in [-0.4, -0.2) is 35.8 Å². The number of nitrogens with zero attached hydrogens (tertiary/aromatic N) is 3. The van der Waals surface area contributed by atoms with E-state index in [9.17, 15) is 20.4 Å². The van der Waals surface area contributed by atoms with Crippen LogP contribution in [0.25, 0.3) is 5.53 Å². The SMILES string of the molecule is CC(C)C[Si](C)(C)OC(C)C(=[N+]=[N-])C(=O)OCc1ccc([N+](=O)[O-])cc1. The fraction of sp³-hybridized carbons (Fsp3) is 0.529. The smallest absolute Gasteiger partial charge is 0.420 e. The number of ether oxygens (including phenoxy) is 1. The molecule has 0 aliphatic carbocycles. The van der Waals surface area contributed by atoms with Crippen LogP contribution < -0.4 is 0 Å². The van der Waals surface area contributed by atoms with Crippen molar-refractivity contribution in [3.8, 4) is 0 Å². The van der Waals surface area contributed by atoms with Crippen LogP contribution in [0.15, 0.2) is 24.3 Å². The second-order valence-electron chi connectivity index (χ2n) is 7.10. The van der Waals surface area contributed by atoms with Crippen molar-refractivity contribution >= 4 is 25.7 Å². The molecule has 0 aliphatic rings. The minimum Gasteiger partial charge on any atom is -0.452 e. The van der Waals surface area contributed by atoms with Crippen LogP contribution in [0.3, 0.4) is 0 Å². The van der Waals surface area contributed by atoms with Gasteiger partial charge in [0.15, 0.2) is 14.4 Å². The third kappa shape index (κ3) is 6.87. The first-order valence-corrected chi connectivity index (χ1v) is 11.5. The van der Waals surface area contributed by atoms with Crippen LogP contribution in [0.1, 0.15) is 26.3 Å². The van der Waals surface area contributed by atoms with Crippen LogP contribution in [0.4, 0.5) is 5.69 Å². The van der Waals surface area contributed by atoms with E-state index in [4.69, 9.17) is 9.16 Å². The van der Waals surface area contributed by atoms with Crippen molar-refractivity contribution in [2.24, 2.45) is 5.92 Å². The summed E-state index contributed by atoms with van der Waals surface area (Å²) in [6, 6.07) is 6.57. The zero-order valence-corrected chi connectivity index (χ0v) is 16.8. The highest BCUT2D eigenvalue weighted by Gasteiger charge is 2.36. The van der Waals surface area contributed by atoms with Crippen molar-refractivity contribution in [1.82, 2.24) is 0 Å². The quantitative estimate of drug-likeness (QED) is 0.124. The van der Waals surface area contributed by atoms with Gasteiger partial charge in [-0.3, -0.25) is 10.1 Å². The van der Waals surface area contributed by atoms with Crippen molar-refractivity contribution in [3.63, 3.8) is 0 Å². The summed E-state index contributed by atoms with van der Waals surface area (Å²) in [5.74, 6) is -0.319. The highest BCUT2D eigenvalue weighted by Crippen LogP contribution is 2.20. The van der Waals surface area contributed by atoms with Gasteiger partial charge in [-0.2, -0.15) is 4.79 Å². The van der Waals surface area contributed by atoms with Gasteiger partial charge in [-0.25, -0.2) is 4.79 Å². The Balaban J connectivity index is 2.68. The molecule has 0 heterocycles. The Bertz CT molecular complexity index is 697. The molecule has 0 radical (unpaired) electrons. The predicted octanol–water partition coefficient (Wildman–Crippen LogP) is 3.58. The molecule has 8 nitrogen and oxygen atoms in total.